The molecule has 1 saturated heterocycles. The van der Waals surface area contributed by atoms with Gasteiger partial charge in [0.15, 0.2) is 0 Å². The summed E-state index contributed by atoms with van der Waals surface area (Å²) in [6.07, 6.45) is 7.10. The third-order valence-electron chi connectivity index (χ3n) is 2.61. The first-order valence-electron chi connectivity index (χ1n) is 5.11. The van der Waals surface area contributed by atoms with Crippen molar-refractivity contribution in [3.63, 3.8) is 0 Å². The van der Waals surface area contributed by atoms with E-state index in [2.05, 4.69) is 22.4 Å². The monoisotopic (exact) mass is 176 g/mol. The maximum Gasteiger partial charge on any atom is 0.0573 e. The van der Waals surface area contributed by atoms with Gasteiger partial charge in [-0.1, -0.05) is 18.9 Å². The van der Waals surface area contributed by atoms with E-state index in [0.717, 1.165) is 6.54 Å². The Morgan fingerprint density at radius 1 is 1.23 bits per heavy atom. The quantitative estimate of drug-likeness (QED) is 0.710. The number of nitrogens with zero attached hydrogens (tertiary/aromatic N) is 1. The average Bonchev–Trinajstić information content (AvgIpc) is 2.47. The van der Waals surface area contributed by atoms with Crippen molar-refractivity contribution in [1.82, 2.24) is 10.3 Å². The average molecular weight is 176 g/mol. The summed E-state index contributed by atoms with van der Waals surface area (Å²) in [6, 6.07) is 6.64. The van der Waals surface area contributed by atoms with Crippen molar-refractivity contribution in [3.8, 4) is 0 Å². The Balaban J connectivity index is 2.06. The maximum absolute atomic E-state index is 4.38. The summed E-state index contributed by atoms with van der Waals surface area (Å²) < 4.78 is 0. The molecule has 0 unspecified atom stereocenters. The lowest BCUT2D eigenvalue weighted by Crippen LogP contribution is -2.20. The van der Waals surface area contributed by atoms with Crippen molar-refractivity contribution in [1.29, 1.82) is 0 Å². The lowest BCUT2D eigenvalue weighted by molar-refractivity contribution is 0.522. The molecule has 1 aliphatic heterocycles. The third-order valence-corrected chi connectivity index (χ3v) is 2.61. The zero-order valence-electron chi connectivity index (χ0n) is 7.87. The van der Waals surface area contributed by atoms with E-state index in [0.29, 0.717) is 6.04 Å². The first-order chi connectivity index (χ1) is 6.47. The Hall–Kier alpha value is -0.890. The van der Waals surface area contributed by atoms with Gasteiger partial charge in [-0.15, -0.1) is 0 Å². The van der Waals surface area contributed by atoms with E-state index in [1.54, 1.807) is 0 Å². The SMILES string of the molecule is c1ccc([C@@H]2CCCCCN2)nc1. The van der Waals surface area contributed by atoms with Gasteiger partial charge < -0.3 is 5.32 Å². The van der Waals surface area contributed by atoms with Gasteiger partial charge in [0.05, 0.1) is 5.69 Å². The summed E-state index contributed by atoms with van der Waals surface area (Å²) in [6.45, 7) is 1.14. The second-order valence-corrected chi connectivity index (χ2v) is 3.61. The summed E-state index contributed by atoms with van der Waals surface area (Å²) in [5.74, 6) is 0. The number of nitrogens with one attached hydrogen (secondary N) is 1. The lowest BCUT2D eigenvalue weighted by atomic mass is 10.1. The Morgan fingerprint density at radius 2 is 2.23 bits per heavy atom. The molecule has 1 fully saturated rings. The molecule has 0 amide bonds. The molecule has 0 bridgehead atoms. The van der Waals surface area contributed by atoms with E-state index >= 15 is 0 Å². The second kappa shape index (κ2) is 4.38. The molecule has 13 heavy (non-hydrogen) atoms. The second-order valence-electron chi connectivity index (χ2n) is 3.61. The number of aromatic nitrogens is 1. The Bertz CT molecular complexity index is 238. The molecule has 1 aromatic rings. The lowest BCUT2D eigenvalue weighted by Gasteiger charge is -2.14. The van der Waals surface area contributed by atoms with Gasteiger partial charge in [0.25, 0.3) is 0 Å². The predicted molar refractivity (Wildman–Crippen MR) is 53.4 cm³/mol. The van der Waals surface area contributed by atoms with Crippen LogP contribution in [-0.4, -0.2) is 11.5 Å². The molecule has 2 nitrogen and oxygen atoms in total. The molecule has 0 saturated carbocycles. The number of hydrogen-bond donors (Lipinski definition) is 1. The van der Waals surface area contributed by atoms with Crippen LogP contribution in [-0.2, 0) is 0 Å². The minimum Gasteiger partial charge on any atom is -0.309 e. The van der Waals surface area contributed by atoms with Crippen LogP contribution in [0.4, 0.5) is 0 Å². The third kappa shape index (κ3) is 2.28. The summed E-state index contributed by atoms with van der Waals surface area (Å²) in [5.41, 5.74) is 1.20. The number of rotatable bonds is 1. The van der Waals surface area contributed by atoms with Crippen molar-refractivity contribution in [2.24, 2.45) is 0 Å². The molecular weight excluding hydrogens is 160 g/mol. The zero-order valence-corrected chi connectivity index (χ0v) is 7.87. The predicted octanol–water partition coefficient (Wildman–Crippen LogP) is 2.29. The van der Waals surface area contributed by atoms with Crippen LogP contribution in [0, 0.1) is 0 Å². The normalized spacial score (nSPS) is 23.8. The highest BCUT2D eigenvalue weighted by Crippen LogP contribution is 2.20. The van der Waals surface area contributed by atoms with Crippen LogP contribution in [0.3, 0.4) is 0 Å². The minimum atomic E-state index is 0.490. The van der Waals surface area contributed by atoms with Crippen molar-refractivity contribution in [2.45, 2.75) is 31.7 Å². The van der Waals surface area contributed by atoms with Crippen molar-refractivity contribution in [2.75, 3.05) is 6.54 Å². The van der Waals surface area contributed by atoms with Crippen LogP contribution in [0.2, 0.25) is 0 Å². The highest BCUT2D eigenvalue weighted by atomic mass is 14.9. The minimum absolute atomic E-state index is 0.490. The van der Waals surface area contributed by atoms with E-state index in [4.69, 9.17) is 0 Å². The molecule has 0 aliphatic carbocycles. The van der Waals surface area contributed by atoms with Gasteiger partial charge >= 0.3 is 0 Å². The molecule has 2 heteroatoms. The number of pyridine rings is 1. The number of hydrogen-bond acceptors (Lipinski definition) is 2. The maximum atomic E-state index is 4.38. The van der Waals surface area contributed by atoms with E-state index in [-0.39, 0.29) is 0 Å². The Morgan fingerprint density at radius 3 is 3.08 bits per heavy atom. The molecule has 2 rings (SSSR count). The highest BCUT2D eigenvalue weighted by Gasteiger charge is 2.13. The van der Waals surface area contributed by atoms with Gasteiger partial charge in [-0.3, -0.25) is 4.98 Å². The van der Waals surface area contributed by atoms with Gasteiger partial charge in [-0.25, -0.2) is 0 Å². The zero-order chi connectivity index (χ0) is 8.93. The van der Waals surface area contributed by atoms with Crippen LogP contribution in [0.15, 0.2) is 24.4 Å². The molecule has 1 aromatic heterocycles. The first-order valence-corrected chi connectivity index (χ1v) is 5.11. The molecule has 0 aromatic carbocycles. The molecule has 2 heterocycles. The summed E-state index contributed by atoms with van der Waals surface area (Å²) in [5, 5.41) is 3.54. The van der Waals surface area contributed by atoms with Gasteiger partial charge in [0, 0.05) is 12.2 Å². The van der Waals surface area contributed by atoms with Gasteiger partial charge in [0.1, 0.15) is 0 Å². The summed E-state index contributed by atoms with van der Waals surface area (Å²) in [4.78, 5) is 4.38. The van der Waals surface area contributed by atoms with Crippen molar-refractivity contribution < 1.29 is 0 Å². The largest absolute Gasteiger partial charge is 0.309 e. The Labute approximate surface area is 79.4 Å². The fraction of sp³-hybridized carbons (Fsp3) is 0.545. The van der Waals surface area contributed by atoms with Gasteiger partial charge in [0.2, 0.25) is 0 Å². The molecule has 1 N–H and O–H groups in total. The van der Waals surface area contributed by atoms with Crippen LogP contribution in [0.25, 0.3) is 0 Å². The molecule has 1 atom stereocenters. The van der Waals surface area contributed by atoms with Crippen molar-refractivity contribution in [3.05, 3.63) is 30.1 Å². The van der Waals surface area contributed by atoms with Crippen LogP contribution in [0.5, 0.6) is 0 Å². The molecule has 1 aliphatic rings. The van der Waals surface area contributed by atoms with Crippen LogP contribution >= 0.6 is 0 Å². The molecule has 70 valence electrons. The van der Waals surface area contributed by atoms with E-state index in [9.17, 15) is 0 Å². The van der Waals surface area contributed by atoms with E-state index in [1.807, 2.05) is 12.3 Å². The van der Waals surface area contributed by atoms with E-state index < -0.39 is 0 Å². The van der Waals surface area contributed by atoms with Crippen molar-refractivity contribution >= 4 is 0 Å². The smallest absolute Gasteiger partial charge is 0.0573 e. The molecule has 0 radical (unpaired) electrons. The molecule has 0 spiro atoms. The standard InChI is InChI=1S/C11H16N2/c1-2-6-10(12-8-4-1)11-7-3-5-9-13-11/h3,5,7,9-10,12H,1-2,4,6,8H2/t10-/m0/s1. The van der Waals surface area contributed by atoms with Gasteiger partial charge in [-0.2, -0.15) is 0 Å². The van der Waals surface area contributed by atoms with E-state index in [1.165, 1.54) is 31.4 Å². The van der Waals surface area contributed by atoms with Crippen LogP contribution in [0.1, 0.15) is 37.4 Å². The van der Waals surface area contributed by atoms with Gasteiger partial charge in [-0.05, 0) is 31.5 Å². The summed E-state index contributed by atoms with van der Waals surface area (Å²) >= 11 is 0. The first kappa shape index (κ1) is 8.70. The summed E-state index contributed by atoms with van der Waals surface area (Å²) in [7, 11) is 0. The molecular formula is C11H16N2. The fourth-order valence-corrected chi connectivity index (χ4v) is 1.86. The Kier molecular flexibility index (Phi) is 2.93. The fourth-order valence-electron chi connectivity index (χ4n) is 1.86. The highest BCUT2D eigenvalue weighted by molar-refractivity contribution is 5.08. The topological polar surface area (TPSA) is 24.9 Å². The van der Waals surface area contributed by atoms with Crippen LogP contribution < -0.4 is 5.32 Å².